The molecule has 7 heteroatoms. The predicted octanol–water partition coefficient (Wildman–Crippen LogP) is 0.660. The Hall–Kier alpha value is -3.09. The van der Waals surface area contributed by atoms with Crippen molar-refractivity contribution in [2.45, 2.75) is 0 Å². The molecule has 0 bridgehead atoms. The zero-order chi connectivity index (χ0) is 14.3. The van der Waals surface area contributed by atoms with Gasteiger partial charge in [0.1, 0.15) is 0 Å². The van der Waals surface area contributed by atoms with Gasteiger partial charge in [0.15, 0.2) is 0 Å². The predicted molar refractivity (Wildman–Crippen MR) is 75.8 cm³/mol. The van der Waals surface area contributed by atoms with E-state index in [4.69, 9.17) is 17.2 Å². The van der Waals surface area contributed by atoms with Crippen LogP contribution in [0.15, 0.2) is 36.9 Å². The summed E-state index contributed by atoms with van der Waals surface area (Å²) in [6, 6.07) is 3.61. The number of primary amides is 1. The first kappa shape index (κ1) is 12.0. The van der Waals surface area contributed by atoms with Crippen LogP contribution in [0.25, 0.3) is 16.6 Å². The van der Waals surface area contributed by atoms with Crippen LogP contribution in [0.3, 0.4) is 0 Å². The van der Waals surface area contributed by atoms with E-state index in [9.17, 15) is 4.79 Å². The van der Waals surface area contributed by atoms with Gasteiger partial charge in [0, 0.05) is 29.7 Å². The number of nitrogens with two attached hydrogens (primary N) is 3. The van der Waals surface area contributed by atoms with E-state index in [2.05, 4.69) is 10.1 Å². The summed E-state index contributed by atoms with van der Waals surface area (Å²) < 4.78 is 1.58. The Balaban J connectivity index is 2.21. The molecule has 0 aliphatic rings. The average molecular weight is 268 g/mol. The van der Waals surface area contributed by atoms with Gasteiger partial charge >= 0.3 is 0 Å². The molecule has 0 unspecified atom stereocenters. The molecule has 3 heterocycles. The lowest BCUT2D eigenvalue weighted by Crippen LogP contribution is -2.15. The SMILES string of the molecule is NC(=O)c1cnn2cc(-c3cncc(N)c3)cc2c1N. The summed E-state index contributed by atoms with van der Waals surface area (Å²) in [5, 5.41) is 4.12. The van der Waals surface area contributed by atoms with Gasteiger partial charge in [-0.15, -0.1) is 0 Å². The van der Waals surface area contributed by atoms with Gasteiger partial charge in [-0.1, -0.05) is 0 Å². The number of pyridine rings is 1. The monoisotopic (exact) mass is 268 g/mol. The fourth-order valence-corrected chi connectivity index (χ4v) is 2.05. The van der Waals surface area contributed by atoms with Gasteiger partial charge in [0.2, 0.25) is 0 Å². The molecule has 3 rings (SSSR count). The summed E-state index contributed by atoms with van der Waals surface area (Å²) in [7, 11) is 0. The van der Waals surface area contributed by atoms with Crippen LogP contribution in [-0.4, -0.2) is 20.5 Å². The number of amides is 1. The van der Waals surface area contributed by atoms with E-state index in [1.807, 2.05) is 6.07 Å². The maximum Gasteiger partial charge on any atom is 0.252 e. The molecule has 0 saturated carbocycles. The first-order valence-corrected chi connectivity index (χ1v) is 5.84. The Labute approximate surface area is 114 Å². The van der Waals surface area contributed by atoms with Crippen molar-refractivity contribution in [3.05, 3.63) is 42.5 Å². The molecule has 0 spiro atoms. The number of fused-ring (bicyclic) bond motifs is 1. The second-order valence-corrected chi connectivity index (χ2v) is 4.40. The first-order chi connectivity index (χ1) is 9.56. The average Bonchev–Trinajstić information content (AvgIpc) is 2.83. The minimum atomic E-state index is -0.606. The second-order valence-electron chi connectivity index (χ2n) is 4.40. The Kier molecular flexibility index (Phi) is 2.53. The molecule has 0 radical (unpaired) electrons. The van der Waals surface area contributed by atoms with E-state index in [0.717, 1.165) is 11.1 Å². The molecule has 3 aromatic heterocycles. The van der Waals surface area contributed by atoms with Crippen LogP contribution in [0.1, 0.15) is 10.4 Å². The maximum absolute atomic E-state index is 11.3. The standard InChI is InChI=1S/C13H12N6O/c14-9-1-7(3-17-4-9)8-2-11-12(15)10(13(16)20)5-18-19(11)6-8/h1-6H,14-15H2,(H2,16,20). The van der Waals surface area contributed by atoms with Crippen molar-refractivity contribution in [2.75, 3.05) is 11.5 Å². The second kappa shape index (κ2) is 4.23. The van der Waals surface area contributed by atoms with Crippen molar-refractivity contribution in [1.82, 2.24) is 14.6 Å². The molecule has 6 N–H and O–H groups in total. The number of carbonyl (C=O) groups is 1. The number of rotatable bonds is 2. The molecule has 7 nitrogen and oxygen atoms in total. The smallest absolute Gasteiger partial charge is 0.252 e. The highest BCUT2D eigenvalue weighted by molar-refractivity contribution is 6.01. The highest BCUT2D eigenvalue weighted by Gasteiger charge is 2.12. The molecule has 0 atom stereocenters. The van der Waals surface area contributed by atoms with Crippen LogP contribution in [0.5, 0.6) is 0 Å². The minimum Gasteiger partial charge on any atom is -0.397 e. The number of nitrogens with zero attached hydrogens (tertiary/aromatic N) is 3. The third-order valence-electron chi connectivity index (χ3n) is 3.04. The molecule has 0 saturated heterocycles. The van der Waals surface area contributed by atoms with Crippen LogP contribution in [0, 0.1) is 0 Å². The lowest BCUT2D eigenvalue weighted by atomic mass is 10.1. The van der Waals surface area contributed by atoms with E-state index in [-0.39, 0.29) is 5.56 Å². The fourth-order valence-electron chi connectivity index (χ4n) is 2.05. The quantitative estimate of drug-likeness (QED) is 0.629. The Morgan fingerprint density at radius 3 is 2.60 bits per heavy atom. The maximum atomic E-state index is 11.3. The van der Waals surface area contributed by atoms with Crippen LogP contribution < -0.4 is 17.2 Å². The molecule has 0 aliphatic carbocycles. The van der Waals surface area contributed by atoms with Crippen LogP contribution >= 0.6 is 0 Å². The number of hydrogen-bond donors (Lipinski definition) is 3. The number of aromatic nitrogens is 3. The van der Waals surface area contributed by atoms with E-state index < -0.39 is 5.91 Å². The van der Waals surface area contributed by atoms with Gasteiger partial charge in [0.25, 0.3) is 5.91 Å². The van der Waals surface area contributed by atoms with Crippen LogP contribution in [0.2, 0.25) is 0 Å². The topological polar surface area (TPSA) is 125 Å². The summed E-state index contributed by atoms with van der Waals surface area (Å²) in [5.74, 6) is -0.606. The van der Waals surface area contributed by atoms with Crippen molar-refractivity contribution in [3.8, 4) is 11.1 Å². The summed E-state index contributed by atoms with van der Waals surface area (Å²) in [5.41, 5.74) is 20.3. The largest absolute Gasteiger partial charge is 0.397 e. The van der Waals surface area contributed by atoms with Gasteiger partial charge in [-0.25, -0.2) is 4.52 Å². The molecule has 0 aromatic carbocycles. The summed E-state index contributed by atoms with van der Waals surface area (Å²) in [4.78, 5) is 15.3. The Morgan fingerprint density at radius 1 is 1.10 bits per heavy atom. The Morgan fingerprint density at radius 2 is 1.90 bits per heavy atom. The van der Waals surface area contributed by atoms with E-state index >= 15 is 0 Å². The third-order valence-corrected chi connectivity index (χ3v) is 3.04. The summed E-state index contributed by atoms with van der Waals surface area (Å²) >= 11 is 0. The molecular formula is C13H12N6O. The number of anilines is 2. The van der Waals surface area contributed by atoms with Gasteiger partial charge in [-0.3, -0.25) is 9.78 Å². The fraction of sp³-hybridized carbons (Fsp3) is 0. The molecular weight excluding hydrogens is 256 g/mol. The number of hydrogen-bond acceptors (Lipinski definition) is 5. The molecule has 1 amide bonds. The lowest BCUT2D eigenvalue weighted by molar-refractivity contribution is 0.100. The number of nitrogen functional groups attached to an aromatic ring is 2. The van der Waals surface area contributed by atoms with E-state index in [1.54, 1.807) is 29.2 Å². The van der Waals surface area contributed by atoms with Crippen molar-refractivity contribution < 1.29 is 4.79 Å². The molecule has 100 valence electrons. The molecule has 0 fully saturated rings. The van der Waals surface area contributed by atoms with E-state index in [0.29, 0.717) is 16.9 Å². The highest BCUT2D eigenvalue weighted by Crippen LogP contribution is 2.26. The van der Waals surface area contributed by atoms with Crippen LogP contribution in [-0.2, 0) is 0 Å². The highest BCUT2D eigenvalue weighted by atomic mass is 16.1. The van der Waals surface area contributed by atoms with Crippen molar-refractivity contribution in [1.29, 1.82) is 0 Å². The normalized spacial score (nSPS) is 10.8. The summed E-state index contributed by atoms with van der Waals surface area (Å²) in [6.45, 7) is 0. The lowest BCUT2D eigenvalue weighted by Gasteiger charge is -2.02. The van der Waals surface area contributed by atoms with Gasteiger partial charge < -0.3 is 17.2 Å². The molecule has 0 aliphatic heterocycles. The van der Waals surface area contributed by atoms with Gasteiger partial charge in [-0.2, -0.15) is 5.10 Å². The van der Waals surface area contributed by atoms with Crippen molar-refractivity contribution in [3.63, 3.8) is 0 Å². The zero-order valence-electron chi connectivity index (χ0n) is 10.4. The summed E-state index contributed by atoms with van der Waals surface area (Å²) in [6.07, 6.45) is 6.40. The Bertz CT molecular complexity index is 823. The minimum absolute atomic E-state index is 0.202. The van der Waals surface area contributed by atoms with Crippen molar-refractivity contribution >= 4 is 22.8 Å². The third kappa shape index (κ3) is 1.81. The van der Waals surface area contributed by atoms with Crippen LogP contribution in [0.4, 0.5) is 11.4 Å². The number of carbonyl (C=O) groups excluding carboxylic acids is 1. The zero-order valence-corrected chi connectivity index (χ0v) is 10.4. The molecule has 20 heavy (non-hydrogen) atoms. The van der Waals surface area contributed by atoms with Gasteiger partial charge in [0.05, 0.1) is 28.7 Å². The first-order valence-electron chi connectivity index (χ1n) is 5.84. The van der Waals surface area contributed by atoms with Crippen molar-refractivity contribution in [2.24, 2.45) is 5.73 Å². The van der Waals surface area contributed by atoms with E-state index in [1.165, 1.54) is 6.20 Å². The van der Waals surface area contributed by atoms with Gasteiger partial charge in [-0.05, 0) is 12.1 Å². The molecule has 3 aromatic rings.